The third-order valence-corrected chi connectivity index (χ3v) is 2.38. The molecule has 0 bridgehead atoms. The molecule has 0 spiro atoms. The van der Waals surface area contributed by atoms with Crippen molar-refractivity contribution in [1.82, 2.24) is 4.90 Å². The molecule has 1 aromatic carbocycles. The fraction of sp³-hybridized carbons (Fsp3) is 0.200. The van der Waals surface area contributed by atoms with Gasteiger partial charge in [0.25, 0.3) is 0 Å². The van der Waals surface area contributed by atoms with E-state index in [4.69, 9.17) is 16.7 Å². The van der Waals surface area contributed by atoms with Crippen molar-refractivity contribution in [3.05, 3.63) is 34.6 Å². The highest BCUT2D eigenvalue weighted by Crippen LogP contribution is 2.26. The number of carboxylic acid groups (broad SMARTS) is 1. The number of hydrogen-bond acceptors (Lipinski definition) is 2. The van der Waals surface area contributed by atoms with E-state index < -0.39 is 17.8 Å². The third-order valence-electron chi connectivity index (χ3n) is 2.08. The van der Waals surface area contributed by atoms with Crippen LogP contribution in [0.15, 0.2) is 18.2 Å². The Kier molecular flexibility index (Phi) is 3.84. The number of halogens is 2. The van der Waals surface area contributed by atoms with E-state index in [2.05, 4.69) is 0 Å². The van der Waals surface area contributed by atoms with E-state index in [0.29, 0.717) is 6.41 Å². The van der Waals surface area contributed by atoms with Gasteiger partial charge in [-0.1, -0.05) is 23.7 Å². The summed E-state index contributed by atoms with van der Waals surface area (Å²) in [5, 5.41) is 8.76. The number of nitrogens with zero attached hydrogens (tertiary/aromatic N) is 1. The highest BCUT2D eigenvalue weighted by atomic mass is 35.5. The number of benzene rings is 1. The first-order chi connectivity index (χ1) is 7.49. The van der Waals surface area contributed by atoms with Crippen molar-refractivity contribution in [2.24, 2.45) is 0 Å². The summed E-state index contributed by atoms with van der Waals surface area (Å²) in [5.41, 5.74) is -0.144. The van der Waals surface area contributed by atoms with Crippen LogP contribution in [0.4, 0.5) is 4.39 Å². The molecule has 0 saturated heterocycles. The quantitative estimate of drug-likeness (QED) is 0.822. The summed E-state index contributed by atoms with van der Waals surface area (Å²) < 4.78 is 13.6. The first kappa shape index (κ1) is 12.4. The molecule has 1 unspecified atom stereocenters. The second kappa shape index (κ2) is 4.94. The average Bonchev–Trinajstić information content (AvgIpc) is 2.24. The maximum atomic E-state index is 13.6. The predicted octanol–water partition coefficient (Wildman–Crippen LogP) is 1.69. The van der Waals surface area contributed by atoms with Crippen molar-refractivity contribution in [3.63, 3.8) is 0 Å². The number of hydrogen-bond donors (Lipinski definition) is 1. The smallest absolute Gasteiger partial charge is 0.331 e. The van der Waals surface area contributed by atoms with E-state index >= 15 is 0 Å². The van der Waals surface area contributed by atoms with E-state index in [-0.39, 0.29) is 10.6 Å². The highest BCUT2D eigenvalue weighted by molar-refractivity contribution is 6.30. The van der Waals surface area contributed by atoms with Crippen molar-refractivity contribution in [3.8, 4) is 0 Å². The number of rotatable bonds is 4. The van der Waals surface area contributed by atoms with Gasteiger partial charge in [0.05, 0.1) is 5.02 Å². The molecule has 16 heavy (non-hydrogen) atoms. The van der Waals surface area contributed by atoms with Gasteiger partial charge in [-0.2, -0.15) is 0 Å². The predicted molar refractivity (Wildman–Crippen MR) is 55.6 cm³/mol. The van der Waals surface area contributed by atoms with Crippen LogP contribution in [0.3, 0.4) is 0 Å². The Morgan fingerprint density at radius 3 is 2.75 bits per heavy atom. The van der Waals surface area contributed by atoms with Crippen LogP contribution in [0.1, 0.15) is 11.6 Å². The average molecular weight is 246 g/mol. The van der Waals surface area contributed by atoms with E-state index in [1.165, 1.54) is 25.2 Å². The Bertz CT molecular complexity index is 425. The van der Waals surface area contributed by atoms with Gasteiger partial charge in [-0.3, -0.25) is 4.79 Å². The van der Waals surface area contributed by atoms with E-state index in [0.717, 1.165) is 4.90 Å². The van der Waals surface area contributed by atoms with Crippen molar-refractivity contribution >= 4 is 24.0 Å². The maximum absolute atomic E-state index is 13.6. The Morgan fingerprint density at radius 2 is 2.25 bits per heavy atom. The minimum absolute atomic E-state index is 0.144. The van der Waals surface area contributed by atoms with Gasteiger partial charge in [-0.15, -0.1) is 0 Å². The lowest BCUT2D eigenvalue weighted by Crippen LogP contribution is -2.30. The van der Waals surface area contributed by atoms with Crippen LogP contribution in [-0.2, 0) is 9.59 Å². The van der Waals surface area contributed by atoms with Gasteiger partial charge < -0.3 is 10.0 Å². The van der Waals surface area contributed by atoms with Gasteiger partial charge in [0.15, 0.2) is 6.04 Å². The molecule has 0 radical (unpaired) electrons. The number of likely N-dealkylation sites (N-methyl/N-ethyl adjacent to an activating group) is 1. The van der Waals surface area contributed by atoms with Crippen LogP contribution in [0, 0.1) is 5.82 Å². The number of carboxylic acids is 1. The van der Waals surface area contributed by atoms with Gasteiger partial charge in [0.1, 0.15) is 5.82 Å². The van der Waals surface area contributed by atoms with Crippen molar-refractivity contribution in [2.75, 3.05) is 7.05 Å². The molecule has 0 saturated carbocycles. The van der Waals surface area contributed by atoms with Crippen LogP contribution in [0.2, 0.25) is 5.02 Å². The molecule has 1 rings (SSSR count). The summed E-state index contributed by atoms with van der Waals surface area (Å²) >= 11 is 5.54. The molecule has 0 aliphatic carbocycles. The zero-order valence-electron chi connectivity index (χ0n) is 8.35. The topological polar surface area (TPSA) is 57.6 Å². The standard InChI is InChI=1S/C10H9ClFNO3/c1-13(5-14)9(10(15)16)6-3-2-4-7(11)8(6)12/h2-5,9H,1H3,(H,15,16). The van der Waals surface area contributed by atoms with Crippen LogP contribution in [-0.4, -0.2) is 29.4 Å². The summed E-state index contributed by atoms with van der Waals surface area (Å²) in [6, 6.07) is 2.63. The monoisotopic (exact) mass is 245 g/mol. The fourth-order valence-corrected chi connectivity index (χ4v) is 1.50. The van der Waals surface area contributed by atoms with Crippen molar-refractivity contribution in [2.45, 2.75) is 6.04 Å². The molecule has 1 aromatic rings. The third kappa shape index (κ3) is 2.30. The zero-order valence-corrected chi connectivity index (χ0v) is 9.11. The summed E-state index contributed by atoms with van der Waals surface area (Å²) in [5.74, 6) is -2.15. The van der Waals surface area contributed by atoms with Gasteiger partial charge in [0, 0.05) is 12.6 Å². The van der Waals surface area contributed by atoms with Crippen molar-refractivity contribution < 1.29 is 19.1 Å². The SMILES string of the molecule is CN(C=O)C(C(=O)O)c1cccc(Cl)c1F. The minimum atomic E-state index is -1.38. The van der Waals surface area contributed by atoms with E-state index in [9.17, 15) is 14.0 Å². The Hall–Kier alpha value is -1.62. The molecular formula is C10H9ClFNO3. The molecule has 1 amide bonds. The number of carbonyl (C=O) groups is 2. The molecule has 6 heteroatoms. The molecule has 0 aliphatic rings. The van der Waals surface area contributed by atoms with Gasteiger partial charge in [0.2, 0.25) is 6.41 Å². The molecular weight excluding hydrogens is 237 g/mol. The second-order valence-corrected chi connectivity index (χ2v) is 3.56. The summed E-state index contributed by atoms with van der Waals surface area (Å²) in [4.78, 5) is 22.3. The molecule has 0 heterocycles. The maximum Gasteiger partial charge on any atom is 0.331 e. The second-order valence-electron chi connectivity index (χ2n) is 3.15. The van der Waals surface area contributed by atoms with Gasteiger partial charge in [-0.05, 0) is 6.07 Å². The van der Waals surface area contributed by atoms with Crippen LogP contribution in [0.25, 0.3) is 0 Å². The van der Waals surface area contributed by atoms with Gasteiger partial charge in [-0.25, -0.2) is 9.18 Å². The lowest BCUT2D eigenvalue weighted by atomic mass is 10.1. The molecule has 1 atom stereocenters. The fourth-order valence-electron chi connectivity index (χ4n) is 1.32. The van der Waals surface area contributed by atoms with Crippen LogP contribution in [0.5, 0.6) is 0 Å². The first-order valence-electron chi connectivity index (χ1n) is 4.33. The molecule has 4 nitrogen and oxygen atoms in total. The lowest BCUT2D eigenvalue weighted by Gasteiger charge is -2.21. The number of amides is 1. The Labute approximate surface area is 96.2 Å². The molecule has 86 valence electrons. The lowest BCUT2D eigenvalue weighted by molar-refractivity contribution is -0.145. The molecule has 0 fully saturated rings. The van der Waals surface area contributed by atoms with Crippen molar-refractivity contribution in [1.29, 1.82) is 0 Å². The largest absolute Gasteiger partial charge is 0.479 e. The summed E-state index contributed by atoms with van der Waals surface area (Å²) in [6.45, 7) is 0. The Balaban J connectivity index is 3.26. The summed E-state index contributed by atoms with van der Waals surface area (Å²) in [7, 11) is 1.26. The zero-order chi connectivity index (χ0) is 12.3. The Morgan fingerprint density at radius 1 is 1.62 bits per heavy atom. The van der Waals surface area contributed by atoms with E-state index in [1.54, 1.807) is 0 Å². The summed E-state index contributed by atoms with van der Waals surface area (Å²) in [6.07, 6.45) is 0.319. The number of carbonyl (C=O) groups excluding carboxylic acids is 1. The first-order valence-corrected chi connectivity index (χ1v) is 4.70. The van der Waals surface area contributed by atoms with Crippen LogP contribution >= 0.6 is 11.6 Å². The highest BCUT2D eigenvalue weighted by Gasteiger charge is 2.27. The molecule has 1 N–H and O–H groups in total. The van der Waals surface area contributed by atoms with Gasteiger partial charge >= 0.3 is 5.97 Å². The minimum Gasteiger partial charge on any atom is -0.479 e. The normalized spacial score (nSPS) is 11.9. The number of aliphatic carboxylic acids is 1. The molecule has 0 aliphatic heterocycles. The molecule has 0 aromatic heterocycles. The van der Waals surface area contributed by atoms with E-state index in [1.807, 2.05) is 0 Å². The van der Waals surface area contributed by atoms with Crippen LogP contribution < -0.4 is 0 Å².